The van der Waals surface area contributed by atoms with Crippen LogP contribution in [-0.2, 0) is 14.3 Å². The Hall–Kier alpha value is -3.76. The Morgan fingerprint density at radius 3 is 2.51 bits per heavy atom. The lowest BCUT2D eigenvalue weighted by Gasteiger charge is -2.37. The van der Waals surface area contributed by atoms with E-state index in [1.807, 2.05) is 71.8 Å². The molecule has 1 amide bonds. The molecule has 0 saturated heterocycles. The number of nitrogens with zero attached hydrogens (tertiary/aromatic N) is 3. The van der Waals surface area contributed by atoms with Crippen LogP contribution in [0.2, 0.25) is 0 Å². The van der Waals surface area contributed by atoms with Crippen LogP contribution in [0, 0.1) is 0 Å². The minimum Gasteiger partial charge on any atom is -0.493 e. The normalized spacial score (nSPS) is 16.5. The molecule has 1 N–H and O–H groups in total. The molecular formula is C29H34N4O5S. The van der Waals surface area contributed by atoms with Crippen LogP contribution in [0.4, 0.5) is 0 Å². The highest BCUT2D eigenvalue weighted by Gasteiger charge is 2.43. The molecule has 0 aliphatic carbocycles. The third-order valence-corrected chi connectivity index (χ3v) is 7.19. The molecule has 10 heteroatoms. The number of hydrogen-bond acceptors (Lipinski definition) is 9. The van der Waals surface area contributed by atoms with Crippen molar-refractivity contribution in [2.75, 3.05) is 48.0 Å². The molecule has 2 aromatic carbocycles. The molecule has 4 rings (SSSR count). The van der Waals surface area contributed by atoms with Gasteiger partial charge in [0.1, 0.15) is 0 Å². The van der Waals surface area contributed by atoms with Gasteiger partial charge in [-0.1, -0.05) is 54.2 Å². The number of carbonyl (C=O) groups is 2. The van der Waals surface area contributed by atoms with E-state index in [0.717, 1.165) is 17.8 Å². The maximum absolute atomic E-state index is 13.7. The molecule has 2 aliphatic heterocycles. The fourth-order valence-electron chi connectivity index (χ4n) is 4.56. The number of nitrogens with one attached hydrogen (secondary N) is 1. The predicted octanol–water partition coefficient (Wildman–Crippen LogP) is 4.05. The summed E-state index contributed by atoms with van der Waals surface area (Å²) in [5.74, 6) is 0.423. The molecule has 0 spiro atoms. The van der Waals surface area contributed by atoms with Gasteiger partial charge in [0, 0.05) is 29.9 Å². The van der Waals surface area contributed by atoms with Gasteiger partial charge >= 0.3 is 5.97 Å². The molecule has 0 unspecified atom stereocenters. The van der Waals surface area contributed by atoms with Crippen molar-refractivity contribution in [3.63, 3.8) is 0 Å². The molecule has 2 aromatic rings. The first-order valence-electron chi connectivity index (χ1n) is 12.7. The summed E-state index contributed by atoms with van der Waals surface area (Å²) in [7, 11) is 7.05. The zero-order valence-corrected chi connectivity index (χ0v) is 23.7. The minimum atomic E-state index is -0.673. The van der Waals surface area contributed by atoms with E-state index in [9.17, 15) is 9.59 Å². The molecule has 39 heavy (non-hydrogen) atoms. The molecule has 2 aliphatic rings. The number of benzene rings is 2. The monoisotopic (exact) mass is 550 g/mol. The van der Waals surface area contributed by atoms with Crippen molar-refractivity contribution in [3.05, 3.63) is 76.3 Å². The van der Waals surface area contributed by atoms with E-state index in [1.165, 1.54) is 11.8 Å². The van der Waals surface area contributed by atoms with Gasteiger partial charge in [-0.05, 0) is 32.5 Å². The summed E-state index contributed by atoms with van der Waals surface area (Å²) in [6.45, 7) is 3.24. The summed E-state index contributed by atoms with van der Waals surface area (Å²) in [6, 6.07) is 14.4. The zero-order valence-electron chi connectivity index (χ0n) is 22.9. The Morgan fingerprint density at radius 1 is 1.08 bits per heavy atom. The number of amides is 1. The molecule has 0 aromatic heterocycles. The summed E-state index contributed by atoms with van der Waals surface area (Å²) < 4.78 is 17.0. The number of fused-ring (bicyclic) bond motifs is 1. The van der Waals surface area contributed by atoms with Gasteiger partial charge in [0.2, 0.25) is 5.91 Å². The Kier molecular flexibility index (Phi) is 9.32. The first-order valence-corrected chi connectivity index (χ1v) is 13.6. The molecule has 0 saturated carbocycles. The second-order valence-electron chi connectivity index (χ2n) is 9.16. The van der Waals surface area contributed by atoms with Gasteiger partial charge in [-0.3, -0.25) is 4.79 Å². The second-order valence-corrected chi connectivity index (χ2v) is 9.99. The van der Waals surface area contributed by atoms with Crippen molar-refractivity contribution < 1.29 is 23.8 Å². The molecular weight excluding hydrogens is 516 g/mol. The van der Waals surface area contributed by atoms with Crippen LogP contribution in [0.5, 0.6) is 11.5 Å². The molecule has 206 valence electrons. The maximum atomic E-state index is 13.7. The number of esters is 1. The van der Waals surface area contributed by atoms with Gasteiger partial charge in [0.15, 0.2) is 16.7 Å². The van der Waals surface area contributed by atoms with Gasteiger partial charge in [-0.25, -0.2) is 9.79 Å². The minimum absolute atomic E-state index is 0.114. The fraction of sp³-hybridized carbons (Fsp3) is 0.345. The van der Waals surface area contributed by atoms with E-state index in [2.05, 4.69) is 5.32 Å². The summed E-state index contributed by atoms with van der Waals surface area (Å²) in [5.41, 5.74) is 3.09. The molecule has 0 radical (unpaired) electrons. The summed E-state index contributed by atoms with van der Waals surface area (Å²) in [4.78, 5) is 35.5. The lowest BCUT2D eigenvalue weighted by atomic mass is 9.90. The number of aliphatic imine (C=N–C) groups is 1. The van der Waals surface area contributed by atoms with Gasteiger partial charge < -0.3 is 29.3 Å². The van der Waals surface area contributed by atoms with Crippen LogP contribution >= 0.6 is 11.8 Å². The quantitative estimate of drug-likeness (QED) is 0.419. The number of carbonyl (C=O) groups excluding carboxylic acids is 2. The Labute approximate surface area is 233 Å². The molecule has 0 fully saturated rings. The summed E-state index contributed by atoms with van der Waals surface area (Å²) in [6.07, 6.45) is 0.124. The zero-order chi connectivity index (χ0) is 27.9. The van der Waals surface area contributed by atoms with Gasteiger partial charge in [-0.2, -0.15) is 0 Å². The van der Waals surface area contributed by atoms with Crippen molar-refractivity contribution in [2.45, 2.75) is 19.4 Å². The average Bonchev–Trinajstić information content (AvgIpc) is 3.33. The Morgan fingerprint density at radius 2 is 1.85 bits per heavy atom. The highest BCUT2D eigenvalue weighted by molar-refractivity contribution is 8.16. The van der Waals surface area contributed by atoms with Crippen LogP contribution in [0.25, 0.3) is 5.70 Å². The topological polar surface area (TPSA) is 92.7 Å². The first-order chi connectivity index (χ1) is 18.9. The number of para-hydroxylation sites is 1. The third kappa shape index (κ3) is 6.12. The van der Waals surface area contributed by atoms with E-state index in [0.29, 0.717) is 40.0 Å². The van der Waals surface area contributed by atoms with E-state index < -0.39 is 12.0 Å². The number of hydrogen-bond donors (Lipinski definition) is 1. The van der Waals surface area contributed by atoms with Crippen molar-refractivity contribution in [1.82, 2.24) is 15.1 Å². The summed E-state index contributed by atoms with van der Waals surface area (Å²) in [5, 5.41) is 5.55. The van der Waals surface area contributed by atoms with E-state index in [4.69, 9.17) is 19.2 Å². The van der Waals surface area contributed by atoms with E-state index >= 15 is 0 Å². The third-order valence-electron chi connectivity index (χ3n) is 6.30. The van der Waals surface area contributed by atoms with Gasteiger partial charge in [-0.15, -0.1) is 0 Å². The van der Waals surface area contributed by atoms with Crippen LogP contribution in [0.15, 0.2) is 70.2 Å². The standard InChI is InChI=1S/C29H34N4O5S/c1-6-38-28(35)24-25(19-11-8-7-9-12-19)31-29-33(20(18-39-29)17-23(34)30-15-16-32(2)3)26(24)21-13-10-14-22(36-4)27(21)37-5/h7-14,18,26H,6,15-17H2,1-5H3,(H,30,34)/t26-/m1/s1. The van der Waals surface area contributed by atoms with Crippen molar-refractivity contribution in [3.8, 4) is 11.5 Å². The number of likely N-dealkylation sites (N-methyl/N-ethyl adjacent to an activating group) is 1. The van der Waals surface area contributed by atoms with Gasteiger partial charge in [0.25, 0.3) is 0 Å². The first kappa shape index (κ1) is 28.3. The molecule has 0 bridgehead atoms. The van der Waals surface area contributed by atoms with E-state index in [-0.39, 0.29) is 18.9 Å². The van der Waals surface area contributed by atoms with Crippen LogP contribution < -0.4 is 14.8 Å². The molecule has 9 nitrogen and oxygen atoms in total. The highest BCUT2D eigenvalue weighted by Crippen LogP contribution is 2.50. The number of rotatable bonds is 11. The maximum Gasteiger partial charge on any atom is 0.338 e. The van der Waals surface area contributed by atoms with Crippen molar-refractivity contribution in [2.24, 2.45) is 4.99 Å². The van der Waals surface area contributed by atoms with Crippen molar-refractivity contribution in [1.29, 1.82) is 0 Å². The SMILES string of the molecule is CCOC(=O)C1=C(c2ccccc2)N=C2SC=C(CC(=O)NCCN(C)C)N2[C@@H]1c1cccc(OC)c1OC. The Bertz CT molecular complexity index is 1310. The van der Waals surface area contributed by atoms with Crippen LogP contribution in [-0.4, -0.2) is 74.9 Å². The van der Waals surface area contributed by atoms with Gasteiger partial charge in [0.05, 0.1) is 44.6 Å². The summed E-state index contributed by atoms with van der Waals surface area (Å²) >= 11 is 1.42. The predicted molar refractivity (Wildman–Crippen MR) is 153 cm³/mol. The average molecular weight is 551 g/mol. The fourth-order valence-corrected chi connectivity index (χ4v) is 5.47. The smallest absolute Gasteiger partial charge is 0.338 e. The van der Waals surface area contributed by atoms with Crippen molar-refractivity contribution >= 4 is 34.5 Å². The second kappa shape index (κ2) is 12.9. The molecule has 1 atom stereocenters. The lowest BCUT2D eigenvalue weighted by Crippen LogP contribution is -2.38. The molecule has 2 heterocycles. The van der Waals surface area contributed by atoms with Crippen LogP contribution in [0.3, 0.4) is 0 Å². The number of amidine groups is 1. The number of thioether (sulfide) groups is 1. The number of methoxy groups -OCH3 is 2. The Balaban J connectivity index is 1.86. The highest BCUT2D eigenvalue weighted by atomic mass is 32.2. The van der Waals surface area contributed by atoms with E-state index in [1.54, 1.807) is 27.2 Å². The largest absolute Gasteiger partial charge is 0.493 e. The number of ether oxygens (including phenoxy) is 3. The van der Waals surface area contributed by atoms with Crippen LogP contribution in [0.1, 0.15) is 30.5 Å². The lowest BCUT2D eigenvalue weighted by molar-refractivity contribution is -0.139.